The fraction of sp³-hybridized carbons (Fsp3) is 0.556. The highest BCUT2D eigenvalue weighted by atomic mass is 28.4. The predicted octanol–water partition coefficient (Wildman–Crippen LogP) is 3.81. The number of piperazine rings is 1. The third-order valence-corrected chi connectivity index (χ3v) is 4.67. The SMILES string of the molecule is C=C(C)C[C@H](c1ccc(O[Si](C)(C)C)cc1)N1CCNCC1. The molecule has 0 amide bonds. The first kappa shape index (κ1) is 17.3. The maximum atomic E-state index is 6.06. The lowest BCUT2D eigenvalue weighted by atomic mass is 9.98. The van der Waals surface area contributed by atoms with Gasteiger partial charge >= 0.3 is 0 Å². The van der Waals surface area contributed by atoms with Gasteiger partial charge in [0.15, 0.2) is 0 Å². The summed E-state index contributed by atoms with van der Waals surface area (Å²) in [7, 11) is -1.53. The van der Waals surface area contributed by atoms with Crippen molar-refractivity contribution in [2.75, 3.05) is 26.2 Å². The lowest BCUT2D eigenvalue weighted by Gasteiger charge is -2.35. The van der Waals surface area contributed by atoms with Crippen LogP contribution in [0.1, 0.15) is 24.9 Å². The zero-order valence-corrected chi connectivity index (χ0v) is 15.5. The van der Waals surface area contributed by atoms with Crippen LogP contribution in [-0.2, 0) is 0 Å². The van der Waals surface area contributed by atoms with Gasteiger partial charge in [-0.15, -0.1) is 6.58 Å². The summed E-state index contributed by atoms with van der Waals surface area (Å²) < 4.78 is 6.06. The Balaban J connectivity index is 2.14. The number of hydrogen-bond acceptors (Lipinski definition) is 3. The van der Waals surface area contributed by atoms with Crippen LogP contribution < -0.4 is 9.74 Å². The molecule has 1 aromatic rings. The average Bonchev–Trinajstić information content (AvgIpc) is 2.45. The van der Waals surface area contributed by atoms with E-state index < -0.39 is 8.32 Å². The van der Waals surface area contributed by atoms with Crippen LogP contribution in [0.3, 0.4) is 0 Å². The van der Waals surface area contributed by atoms with Crippen LogP contribution in [0.2, 0.25) is 19.6 Å². The topological polar surface area (TPSA) is 24.5 Å². The Morgan fingerprint density at radius 3 is 2.32 bits per heavy atom. The molecule has 0 radical (unpaired) electrons. The summed E-state index contributed by atoms with van der Waals surface area (Å²) in [5.74, 6) is 0.998. The van der Waals surface area contributed by atoms with Crippen molar-refractivity contribution in [3.05, 3.63) is 42.0 Å². The number of hydrogen-bond donors (Lipinski definition) is 1. The molecule has 22 heavy (non-hydrogen) atoms. The molecule has 1 fully saturated rings. The third-order valence-electron chi connectivity index (χ3n) is 3.82. The Bertz CT molecular complexity index is 487. The molecule has 122 valence electrons. The van der Waals surface area contributed by atoms with Crippen molar-refractivity contribution >= 4 is 8.32 Å². The van der Waals surface area contributed by atoms with Crippen molar-refractivity contribution in [3.63, 3.8) is 0 Å². The first-order valence-electron chi connectivity index (χ1n) is 8.23. The summed E-state index contributed by atoms with van der Waals surface area (Å²) in [4.78, 5) is 2.57. The third kappa shape index (κ3) is 5.27. The molecule has 1 aromatic carbocycles. The fourth-order valence-corrected chi connectivity index (χ4v) is 3.74. The highest BCUT2D eigenvalue weighted by molar-refractivity contribution is 6.70. The lowest BCUT2D eigenvalue weighted by Crippen LogP contribution is -2.45. The lowest BCUT2D eigenvalue weighted by molar-refractivity contribution is 0.172. The van der Waals surface area contributed by atoms with E-state index >= 15 is 0 Å². The molecular weight excluding hydrogens is 288 g/mol. The predicted molar refractivity (Wildman–Crippen MR) is 97.0 cm³/mol. The van der Waals surface area contributed by atoms with E-state index in [1.807, 2.05) is 0 Å². The van der Waals surface area contributed by atoms with Crippen molar-refractivity contribution in [2.24, 2.45) is 0 Å². The molecule has 2 rings (SSSR count). The van der Waals surface area contributed by atoms with Crippen LogP contribution in [-0.4, -0.2) is 39.4 Å². The second-order valence-electron chi connectivity index (χ2n) is 7.25. The Labute approximate surface area is 136 Å². The molecule has 3 nitrogen and oxygen atoms in total. The molecule has 1 aliphatic rings. The normalized spacial score (nSPS) is 18.0. The van der Waals surface area contributed by atoms with E-state index in [9.17, 15) is 0 Å². The van der Waals surface area contributed by atoms with Gasteiger partial charge in [0, 0.05) is 32.2 Å². The molecule has 0 aliphatic carbocycles. The van der Waals surface area contributed by atoms with Crippen LogP contribution >= 0.6 is 0 Å². The van der Waals surface area contributed by atoms with Gasteiger partial charge in [0.05, 0.1) is 0 Å². The summed E-state index contributed by atoms with van der Waals surface area (Å²) >= 11 is 0. The molecule has 0 aromatic heterocycles. The average molecular weight is 319 g/mol. The van der Waals surface area contributed by atoms with E-state index in [0.29, 0.717) is 6.04 Å². The second kappa shape index (κ2) is 7.44. The first-order valence-corrected chi connectivity index (χ1v) is 11.6. The maximum Gasteiger partial charge on any atom is 0.242 e. The Hall–Kier alpha value is -1.10. The van der Waals surface area contributed by atoms with Crippen molar-refractivity contribution in [2.45, 2.75) is 39.0 Å². The standard InChI is InChI=1S/C18H30N2OSi/c1-15(2)14-18(20-12-10-19-11-13-20)16-6-8-17(9-7-16)21-22(3,4)5/h6-9,18-19H,1,10-14H2,2-5H3/t18-/m1/s1. The van der Waals surface area contributed by atoms with Gasteiger partial charge in [0.2, 0.25) is 8.32 Å². The smallest absolute Gasteiger partial charge is 0.242 e. The van der Waals surface area contributed by atoms with Crippen LogP contribution in [0.25, 0.3) is 0 Å². The van der Waals surface area contributed by atoms with Gasteiger partial charge in [-0.1, -0.05) is 17.7 Å². The van der Waals surface area contributed by atoms with Crippen LogP contribution in [0.4, 0.5) is 0 Å². The summed E-state index contributed by atoms with van der Waals surface area (Å²) in [5.41, 5.74) is 2.61. The number of nitrogens with one attached hydrogen (secondary N) is 1. The van der Waals surface area contributed by atoms with Gasteiger partial charge in [0.25, 0.3) is 0 Å². The largest absolute Gasteiger partial charge is 0.544 e. The van der Waals surface area contributed by atoms with E-state index in [0.717, 1.165) is 38.3 Å². The molecule has 0 saturated carbocycles. The zero-order chi connectivity index (χ0) is 16.2. The molecule has 0 bridgehead atoms. The quantitative estimate of drug-likeness (QED) is 0.637. The van der Waals surface area contributed by atoms with E-state index in [4.69, 9.17) is 4.43 Å². The minimum atomic E-state index is -1.53. The Morgan fingerprint density at radius 2 is 1.82 bits per heavy atom. The zero-order valence-electron chi connectivity index (χ0n) is 14.5. The summed E-state index contributed by atoms with van der Waals surface area (Å²) in [6.07, 6.45) is 1.02. The van der Waals surface area contributed by atoms with Crippen LogP contribution in [0.15, 0.2) is 36.4 Å². The monoisotopic (exact) mass is 318 g/mol. The summed E-state index contributed by atoms with van der Waals surface area (Å²) in [6.45, 7) is 17.2. The van der Waals surface area contributed by atoms with Crippen molar-refractivity contribution in [1.82, 2.24) is 10.2 Å². The minimum Gasteiger partial charge on any atom is -0.544 e. The molecule has 4 heteroatoms. The van der Waals surface area contributed by atoms with E-state index in [1.54, 1.807) is 0 Å². The van der Waals surface area contributed by atoms with E-state index in [2.05, 4.69) is 67.6 Å². The molecule has 1 atom stereocenters. The number of nitrogens with zero attached hydrogens (tertiary/aromatic N) is 1. The summed E-state index contributed by atoms with van der Waals surface area (Å²) in [5, 5.41) is 3.43. The molecule has 1 heterocycles. The molecule has 1 saturated heterocycles. The van der Waals surface area contributed by atoms with E-state index in [-0.39, 0.29) is 0 Å². The van der Waals surface area contributed by atoms with Gasteiger partial charge in [-0.05, 0) is 50.7 Å². The van der Waals surface area contributed by atoms with Gasteiger partial charge < -0.3 is 9.74 Å². The fourth-order valence-electron chi connectivity index (χ4n) is 2.89. The van der Waals surface area contributed by atoms with Gasteiger partial charge in [0.1, 0.15) is 5.75 Å². The van der Waals surface area contributed by atoms with Crippen LogP contribution in [0.5, 0.6) is 5.75 Å². The Morgan fingerprint density at radius 1 is 1.23 bits per heavy atom. The van der Waals surface area contributed by atoms with Gasteiger partial charge in [-0.25, -0.2) is 0 Å². The minimum absolute atomic E-state index is 0.431. The van der Waals surface area contributed by atoms with Crippen LogP contribution in [0, 0.1) is 0 Å². The Kier molecular flexibility index (Phi) is 5.84. The van der Waals surface area contributed by atoms with Crippen molar-refractivity contribution in [3.8, 4) is 5.75 Å². The molecular formula is C18H30N2OSi. The van der Waals surface area contributed by atoms with Gasteiger partial charge in [-0.3, -0.25) is 4.90 Å². The molecule has 1 N–H and O–H groups in total. The number of rotatable bonds is 6. The maximum absolute atomic E-state index is 6.06. The first-order chi connectivity index (χ1) is 10.3. The van der Waals surface area contributed by atoms with Crippen molar-refractivity contribution in [1.29, 1.82) is 0 Å². The summed E-state index contributed by atoms with van der Waals surface area (Å²) in [6, 6.07) is 9.14. The van der Waals surface area contributed by atoms with E-state index in [1.165, 1.54) is 11.1 Å². The number of benzene rings is 1. The van der Waals surface area contributed by atoms with Crippen molar-refractivity contribution < 1.29 is 4.43 Å². The highest BCUT2D eigenvalue weighted by Gasteiger charge is 2.22. The van der Waals surface area contributed by atoms with Gasteiger partial charge in [-0.2, -0.15) is 0 Å². The molecule has 0 unspecified atom stereocenters. The second-order valence-corrected chi connectivity index (χ2v) is 11.7. The molecule has 1 aliphatic heterocycles. The molecule has 0 spiro atoms. The highest BCUT2D eigenvalue weighted by Crippen LogP contribution is 2.29.